The summed E-state index contributed by atoms with van der Waals surface area (Å²) in [7, 11) is 0. The second-order valence-corrected chi connectivity index (χ2v) is 27.9. The monoisotopic (exact) mass is 1680 g/mol. The number of hydrogen-bond acceptors (Lipinski definition) is 10. The Morgan fingerprint density at radius 1 is 0.442 bits per heavy atom. The van der Waals surface area contributed by atoms with Gasteiger partial charge >= 0.3 is 23.1 Å². The Kier molecular flexibility index (Phi) is 28.5. The van der Waals surface area contributed by atoms with Gasteiger partial charge in [-0.2, -0.15) is 6.92 Å². The molecule has 0 aliphatic carbocycles. The smallest absolute Gasteiger partial charge is 1.00 e. The van der Waals surface area contributed by atoms with E-state index in [9.17, 15) is 9.90 Å². The van der Waals surface area contributed by atoms with Crippen LogP contribution in [0.1, 0.15) is 117 Å². The minimum absolute atomic E-state index is 0. The molecule has 0 amide bonds. The van der Waals surface area contributed by atoms with Crippen LogP contribution in [0, 0.1) is 15.4 Å². The van der Waals surface area contributed by atoms with Crippen LogP contribution in [-0.4, -0.2) is 93.4 Å². The minimum atomic E-state index is -1.35. The number of benzene rings is 10. The molecule has 3 atom stereocenters. The largest absolute Gasteiger partial charge is 2.00 e. The Morgan fingerprint density at radius 3 is 1.19 bits per heavy atom. The van der Waals surface area contributed by atoms with E-state index >= 15 is 0 Å². The van der Waals surface area contributed by atoms with E-state index in [1.165, 1.54) is 33.2 Å². The van der Waals surface area contributed by atoms with Crippen molar-refractivity contribution >= 4 is 108 Å². The molecule has 0 saturated heterocycles. The maximum atomic E-state index is 11.9. The molecule has 18 aromatic rings. The number of pyridine rings is 4. The fourth-order valence-electron chi connectivity index (χ4n) is 14.4. The van der Waals surface area contributed by atoms with Gasteiger partial charge in [-0.3, -0.25) is 24.7 Å². The van der Waals surface area contributed by atoms with Crippen molar-refractivity contribution in [2.45, 2.75) is 56.2 Å². The second kappa shape index (κ2) is 39.1. The minimum Gasteiger partial charge on any atom is -1.00 e. The Bertz CT molecular complexity index is 5840. The molecular formula is C95H82BrIMgN12O2S. The van der Waals surface area contributed by atoms with Crippen LogP contribution in [0.15, 0.2) is 372 Å². The van der Waals surface area contributed by atoms with Crippen molar-refractivity contribution in [1.82, 2.24) is 59.0 Å². The number of fused-ring (bicyclic) bond motifs is 4. The van der Waals surface area contributed by atoms with Gasteiger partial charge < -0.3 is 53.1 Å². The zero-order chi connectivity index (χ0) is 77.0. The maximum absolute atomic E-state index is 11.9. The molecule has 14 nitrogen and oxygen atoms in total. The van der Waals surface area contributed by atoms with Gasteiger partial charge in [0, 0.05) is 105 Å². The number of carbonyl (C=O) groups excluding carboxylic acids is 1. The summed E-state index contributed by atoms with van der Waals surface area (Å²) >= 11 is 7.34. The Morgan fingerprint density at radius 2 is 0.805 bits per heavy atom. The molecule has 0 radical (unpaired) electrons. The summed E-state index contributed by atoms with van der Waals surface area (Å²) in [6, 6.07) is 103. The zero-order valence-electron chi connectivity index (χ0n) is 62.9. The molecule has 0 saturated carbocycles. The quantitative estimate of drug-likeness (QED) is 0.0192. The van der Waals surface area contributed by atoms with Gasteiger partial charge in [0.15, 0.2) is 11.1 Å². The normalized spacial score (nSPS) is 12.0. The first-order chi connectivity index (χ1) is 54.5. The van der Waals surface area contributed by atoms with Crippen molar-refractivity contribution in [2.24, 2.45) is 0 Å². The van der Waals surface area contributed by atoms with Crippen LogP contribution >= 0.6 is 34.8 Å². The molecule has 8 heterocycles. The van der Waals surface area contributed by atoms with Crippen molar-refractivity contribution in [3.63, 3.8) is 0 Å². The predicted octanol–water partition coefficient (Wildman–Crippen LogP) is 18.2. The molecule has 10 aromatic carbocycles. The number of aldehydes is 1. The average Bonchev–Trinajstić information content (AvgIpc) is 1.73. The number of aliphatic hydroxyl groups is 1. The molecule has 0 fully saturated rings. The topological polar surface area (TPSA) is 185 Å². The summed E-state index contributed by atoms with van der Waals surface area (Å²) in [4.78, 5) is 51.0. The molecule has 4 N–H and O–H groups in total. The van der Waals surface area contributed by atoms with Gasteiger partial charge in [0.1, 0.15) is 20.4 Å². The van der Waals surface area contributed by atoms with Gasteiger partial charge in [0.25, 0.3) is 0 Å². The maximum Gasteiger partial charge on any atom is 2.00 e. The SMILES string of the molecule is CC(O)(c1cn(C(c2ccccc2)(c2ccccc2)c2ccccc2)cn1)c1cccc2cccnc12.CC(c1c[nH]c(=S)[nH]1)c1cccc2cccnc12.CC(c1cnc[nH]1)c1cccc2cccnc12.Ic1cn(C(c2ccccc2)(c2ccccc2)c2ccccc2)cn1.O=Cc1cccc2cccnc12.[Br-].[CH2-]C.[Mg+2]. The van der Waals surface area contributed by atoms with E-state index in [2.05, 4.69) is 316 Å². The number of para-hydroxylation sites is 4. The van der Waals surface area contributed by atoms with Crippen LogP contribution in [0.3, 0.4) is 0 Å². The van der Waals surface area contributed by atoms with Crippen molar-refractivity contribution < 1.29 is 26.9 Å². The first-order valence-corrected chi connectivity index (χ1v) is 38.0. The Labute approximate surface area is 703 Å². The van der Waals surface area contributed by atoms with Crippen molar-refractivity contribution in [3.05, 3.63) is 460 Å². The summed E-state index contributed by atoms with van der Waals surface area (Å²) in [5.41, 5.74) is 14.6. The van der Waals surface area contributed by atoms with E-state index in [0.717, 1.165) is 81.9 Å². The molecular weight excluding hydrogens is 1600 g/mol. The van der Waals surface area contributed by atoms with Gasteiger partial charge in [-0.05, 0) is 117 Å². The molecule has 0 spiro atoms. The summed E-state index contributed by atoms with van der Waals surface area (Å²) in [6.45, 7) is 11.1. The average molecular weight is 1690 g/mol. The number of aromatic nitrogens is 12. The fourth-order valence-corrected chi connectivity index (χ4v) is 15.0. The van der Waals surface area contributed by atoms with Crippen LogP contribution in [0.5, 0.6) is 0 Å². The van der Waals surface area contributed by atoms with E-state index < -0.39 is 16.7 Å². The molecule has 8 aromatic heterocycles. The van der Waals surface area contributed by atoms with Gasteiger partial charge in [-0.15, -0.1) is 0 Å². The molecule has 18 rings (SSSR count). The Balaban J connectivity index is 0.000000145. The number of halogens is 2. The van der Waals surface area contributed by atoms with Crippen molar-refractivity contribution in [2.75, 3.05) is 0 Å². The van der Waals surface area contributed by atoms with E-state index in [1.807, 2.05) is 129 Å². The number of hydrogen-bond donors (Lipinski definition) is 4. The number of carbonyl (C=O) groups is 1. The first-order valence-electron chi connectivity index (χ1n) is 36.5. The molecule has 0 bridgehead atoms. The Hall–Kier alpha value is -11.5. The van der Waals surface area contributed by atoms with Gasteiger partial charge in [0.2, 0.25) is 0 Å². The predicted molar refractivity (Wildman–Crippen MR) is 464 cm³/mol. The summed E-state index contributed by atoms with van der Waals surface area (Å²) < 4.78 is 5.97. The molecule has 113 heavy (non-hydrogen) atoms. The summed E-state index contributed by atoms with van der Waals surface area (Å²) in [5.74, 6) is 0.507. The van der Waals surface area contributed by atoms with Gasteiger partial charge in [-0.1, -0.05) is 287 Å². The fraction of sp³-hybridized carbons (Fsp3) is 0.0947. The van der Waals surface area contributed by atoms with Crippen molar-refractivity contribution in [3.8, 4) is 0 Å². The van der Waals surface area contributed by atoms with Crippen LogP contribution in [0.4, 0.5) is 0 Å². The number of rotatable bonds is 15. The molecule has 556 valence electrons. The third kappa shape index (κ3) is 18.0. The molecule has 3 unspecified atom stereocenters. The number of nitrogens with zero attached hydrogens (tertiary/aromatic N) is 9. The standard InChI is InChI=1S/C33H27N3O.C22H17IN2.C14H13N3S.C14H13N3.C10H7NO.C2H5.BrH.Mg/c1-32(37,29-21-11-13-25-14-12-22-34-31(25)29)30-23-36(24-35-30)33(26-15-5-2-6-16-26,27-17-7-3-8-18-27)28-19-9-4-10-20-28;23-21-16-25(17-24-21)22(18-10-4-1-5-11-18,19-12-6-2-7-13-19)20-14-8-3-9-15-20;1-9(12-8-16-14(18)17-12)11-6-2-4-10-5-3-7-15-13(10)11;1-10(13-8-15-9-17-13)12-6-2-4-11-5-3-7-16-14(11)12;12-7-9-4-1-3-8-5-2-6-11-10(8)9;1-2;;/h2-24,37H,1H3;1-17H;2-9H,1H3,(H2,16,17,18);2-10H,1H3,(H,15,17);1-7H;1H2,2H3;1H;/q;;;;;-1;;+2/p-1. The number of nitrogens with one attached hydrogen (secondary N) is 3. The van der Waals surface area contributed by atoms with Crippen LogP contribution in [-0.2, 0) is 16.7 Å². The first kappa shape index (κ1) is 82.5. The molecule has 0 aliphatic heterocycles. The summed E-state index contributed by atoms with van der Waals surface area (Å²) in [6.07, 6.45) is 21.3. The number of aromatic amines is 3. The van der Waals surface area contributed by atoms with Crippen LogP contribution in [0.25, 0.3) is 43.6 Å². The third-order valence-corrected chi connectivity index (χ3v) is 20.6. The van der Waals surface area contributed by atoms with Crippen LogP contribution in [0.2, 0.25) is 0 Å². The van der Waals surface area contributed by atoms with E-state index in [-0.39, 0.29) is 51.9 Å². The van der Waals surface area contributed by atoms with Gasteiger partial charge in [0.05, 0.1) is 46.7 Å². The number of imidazole rings is 4. The van der Waals surface area contributed by atoms with Crippen LogP contribution < -0.4 is 17.0 Å². The number of H-pyrrole nitrogens is 3. The van der Waals surface area contributed by atoms with E-state index in [0.29, 0.717) is 16.0 Å². The zero-order valence-corrected chi connectivity index (χ0v) is 68.9. The third-order valence-electron chi connectivity index (χ3n) is 19.8. The molecule has 0 aliphatic rings. The van der Waals surface area contributed by atoms with Gasteiger partial charge in [-0.25, -0.2) is 15.0 Å². The van der Waals surface area contributed by atoms with Crippen molar-refractivity contribution in [1.29, 1.82) is 0 Å². The molecule has 18 heteroatoms. The second-order valence-electron chi connectivity index (χ2n) is 26.4. The van der Waals surface area contributed by atoms with E-state index in [4.69, 9.17) is 17.2 Å². The van der Waals surface area contributed by atoms with E-state index in [1.54, 1.807) is 38.6 Å². The summed E-state index contributed by atoms with van der Waals surface area (Å²) in [5, 5.41) is 16.3.